The standard InChI is InChI=1S/C25H32N2O5/c1-5-16-31-19-11-9-18(10-12-19)22-21(23(28)20-13-8-17(4)32-20)24(29)25(30)27(22)15-14-26(6-2)7-3/h8-13,22,29H,5-7,14-16H2,1-4H3/t22-/m0/s1. The lowest BCUT2D eigenvalue weighted by Gasteiger charge is -2.29. The zero-order chi connectivity index (χ0) is 23.3. The smallest absolute Gasteiger partial charge is 0.290 e. The molecule has 32 heavy (non-hydrogen) atoms. The van der Waals surface area contributed by atoms with Crippen molar-refractivity contribution >= 4 is 11.7 Å². The number of nitrogens with zero attached hydrogens (tertiary/aromatic N) is 2. The summed E-state index contributed by atoms with van der Waals surface area (Å²) in [6, 6.07) is 9.89. The van der Waals surface area contributed by atoms with Crippen molar-refractivity contribution in [3.05, 3.63) is 64.8 Å². The molecule has 1 aliphatic heterocycles. The summed E-state index contributed by atoms with van der Waals surface area (Å²) in [5.74, 6) is -0.122. The van der Waals surface area contributed by atoms with Crippen molar-refractivity contribution < 1.29 is 23.8 Å². The highest BCUT2D eigenvalue weighted by Crippen LogP contribution is 2.39. The number of hydrogen-bond donors (Lipinski definition) is 1. The molecule has 0 radical (unpaired) electrons. The molecule has 0 spiro atoms. The molecule has 0 saturated carbocycles. The maximum Gasteiger partial charge on any atom is 0.290 e. The molecule has 0 saturated heterocycles. The Balaban J connectivity index is 1.97. The first kappa shape index (κ1) is 23.6. The minimum atomic E-state index is -0.698. The van der Waals surface area contributed by atoms with E-state index in [0.29, 0.717) is 25.5 Å². The van der Waals surface area contributed by atoms with Gasteiger partial charge in [0.25, 0.3) is 5.91 Å². The van der Waals surface area contributed by atoms with Gasteiger partial charge in [0.05, 0.1) is 18.2 Å². The van der Waals surface area contributed by atoms with Crippen LogP contribution in [0.15, 0.2) is 52.1 Å². The van der Waals surface area contributed by atoms with Gasteiger partial charge in [0.2, 0.25) is 5.78 Å². The second-order valence-electron chi connectivity index (χ2n) is 7.85. The third-order valence-electron chi connectivity index (χ3n) is 5.73. The zero-order valence-electron chi connectivity index (χ0n) is 19.3. The predicted octanol–water partition coefficient (Wildman–Crippen LogP) is 4.30. The van der Waals surface area contributed by atoms with Gasteiger partial charge < -0.3 is 24.1 Å². The van der Waals surface area contributed by atoms with Crippen molar-refractivity contribution in [2.24, 2.45) is 0 Å². The van der Waals surface area contributed by atoms with Crippen LogP contribution in [-0.4, -0.2) is 59.4 Å². The van der Waals surface area contributed by atoms with Crippen LogP contribution in [0.1, 0.15) is 55.1 Å². The SMILES string of the molecule is CCCOc1ccc([C@H]2C(C(=O)c3ccc(C)o3)=C(O)C(=O)N2CCN(CC)CC)cc1. The fraction of sp³-hybridized carbons (Fsp3) is 0.440. The minimum Gasteiger partial charge on any atom is -0.503 e. The fourth-order valence-corrected chi connectivity index (χ4v) is 3.91. The molecular formula is C25H32N2O5. The van der Waals surface area contributed by atoms with E-state index >= 15 is 0 Å². The number of hydrogen-bond acceptors (Lipinski definition) is 6. The molecule has 0 aliphatic carbocycles. The summed E-state index contributed by atoms with van der Waals surface area (Å²) in [6.45, 7) is 11.2. The molecule has 0 fully saturated rings. The lowest BCUT2D eigenvalue weighted by atomic mass is 9.95. The van der Waals surface area contributed by atoms with Crippen LogP contribution in [0.3, 0.4) is 0 Å². The molecule has 2 heterocycles. The van der Waals surface area contributed by atoms with Crippen LogP contribution >= 0.6 is 0 Å². The third-order valence-corrected chi connectivity index (χ3v) is 5.73. The number of ketones is 1. The van der Waals surface area contributed by atoms with Gasteiger partial charge in [-0.05, 0) is 56.3 Å². The highest BCUT2D eigenvalue weighted by atomic mass is 16.5. The Morgan fingerprint density at radius 2 is 1.81 bits per heavy atom. The molecule has 0 bridgehead atoms. The van der Waals surface area contributed by atoms with Crippen molar-refractivity contribution in [3.8, 4) is 5.75 Å². The summed E-state index contributed by atoms with van der Waals surface area (Å²) >= 11 is 0. The number of likely N-dealkylation sites (N-methyl/N-ethyl adjacent to an activating group) is 1. The third kappa shape index (κ3) is 4.88. The van der Waals surface area contributed by atoms with Gasteiger partial charge in [0.15, 0.2) is 11.5 Å². The molecule has 1 amide bonds. The normalized spacial score (nSPS) is 16.3. The number of benzene rings is 1. The molecule has 7 nitrogen and oxygen atoms in total. The van der Waals surface area contributed by atoms with E-state index in [-0.39, 0.29) is 11.3 Å². The van der Waals surface area contributed by atoms with E-state index in [1.807, 2.05) is 31.2 Å². The molecule has 0 unspecified atom stereocenters. The number of aryl methyl sites for hydroxylation is 1. The summed E-state index contributed by atoms with van der Waals surface area (Å²) < 4.78 is 11.2. The fourth-order valence-electron chi connectivity index (χ4n) is 3.91. The van der Waals surface area contributed by atoms with Gasteiger partial charge in [0, 0.05) is 13.1 Å². The number of aliphatic hydroxyl groups is 1. The lowest BCUT2D eigenvalue weighted by Crippen LogP contribution is -2.38. The number of ether oxygens (including phenoxy) is 1. The van der Waals surface area contributed by atoms with E-state index in [4.69, 9.17) is 9.15 Å². The average Bonchev–Trinajstić information content (AvgIpc) is 3.34. The van der Waals surface area contributed by atoms with Crippen LogP contribution in [0, 0.1) is 6.92 Å². The minimum absolute atomic E-state index is 0.0473. The van der Waals surface area contributed by atoms with Gasteiger partial charge in [0.1, 0.15) is 11.5 Å². The Morgan fingerprint density at radius 3 is 2.38 bits per heavy atom. The monoisotopic (exact) mass is 440 g/mol. The molecule has 1 aromatic carbocycles. The van der Waals surface area contributed by atoms with E-state index < -0.39 is 23.5 Å². The number of carbonyl (C=O) groups excluding carboxylic acids is 2. The summed E-state index contributed by atoms with van der Waals surface area (Å²) in [4.78, 5) is 30.1. The van der Waals surface area contributed by atoms with Crippen molar-refractivity contribution in [3.63, 3.8) is 0 Å². The number of Topliss-reactive ketones (excluding diaryl/α,β-unsaturated/α-hetero) is 1. The summed E-state index contributed by atoms with van der Waals surface area (Å²) in [5, 5.41) is 10.7. The largest absolute Gasteiger partial charge is 0.503 e. The molecule has 1 aromatic heterocycles. The second kappa shape index (κ2) is 10.5. The highest BCUT2D eigenvalue weighted by molar-refractivity contribution is 6.15. The molecule has 2 aromatic rings. The first-order chi connectivity index (χ1) is 15.4. The quantitative estimate of drug-likeness (QED) is 0.525. The Kier molecular flexibility index (Phi) is 7.75. The Labute approximate surface area is 189 Å². The highest BCUT2D eigenvalue weighted by Gasteiger charge is 2.44. The average molecular weight is 441 g/mol. The lowest BCUT2D eigenvalue weighted by molar-refractivity contribution is -0.129. The number of aliphatic hydroxyl groups excluding tert-OH is 1. The maximum atomic E-state index is 13.3. The Morgan fingerprint density at radius 1 is 1.12 bits per heavy atom. The summed E-state index contributed by atoms with van der Waals surface area (Å²) in [5.41, 5.74) is 0.781. The number of rotatable bonds is 11. The summed E-state index contributed by atoms with van der Waals surface area (Å²) in [6.07, 6.45) is 0.899. The Bertz CT molecular complexity index is 972. The van der Waals surface area contributed by atoms with Gasteiger partial charge in [-0.3, -0.25) is 9.59 Å². The van der Waals surface area contributed by atoms with Crippen LogP contribution in [0.5, 0.6) is 5.75 Å². The van der Waals surface area contributed by atoms with E-state index in [0.717, 1.165) is 30.8 Å². The molecule has 3 rings (SSSR count). The zero-order valence-corrected chi connectivity index (χ0v) is 19.3. The van der Waals surface area contributed by atoms with Crippen LogP contribution in [0.2, 0.25) is 0 Å². The van der Waals surface area contributed by atoms with Gasteiger partial charge in [-0.1, -0.05) is 32.9 Å². The van der Waals surface area contributed by atoms with Gasteiger partial charge >= 0.3 is 0 Å². The second-order valence-corrected chi connectivity index (χ2v) is 7.85. The van der Waals surface area contributed by atoms with Crippen molar-refractivity contribution in [1.29, 1.82) is 0 Å². The number of carbonyl (C=O) groups is 2. The predicted molar refractivity (Wildman–Crippen MR) is 122 cm³/mol. The molecule has 172 valence electrons. The van der Waals surface area contributed by atoms with Crippen LogP contribution in [-0.2, 0) is 4.79 Å². The first-order valence-electron chi connectivity index (χ1n) is 11.2. The topological polar surface area (TPSA) is 83.2 Å². The van der Waals surface area contributed by atoms with E-state index in [2.05, 4.69) is 18.7 Å². The molecule has 1 N–H and O–H groups in total. The van der Waals surface area contributed by atoms with E-state index in [1.54, 1.807) is 24.0 Å². The van der Waals surface area contributed by atoms with E-state index in [1.165, 1.54) is 0 Å². The van der Waals surface area contributed by atoms with Crippen molar-refractivity contribution in [1.82, 2.24) is 9.80 Å². The van der Waals surface area contributed by atoms with Crippen molar-refractivity contribution in [2.45, 2.75) is 40.2 Å². The summed E-state index contributed by atoms with van der Waals surface area (Å²) in [7, 11) is 0. The van der Waals surface area contributed by atoms with Crippen LogP contribution in [0.25, 0.3) is 0 Å². The maximum absolute atomic E-state index is 13.3. The molecule has 7 heteroatoms. The van der Waals surface area contributed by atoms with E-state index in [9.17, 15) is 14.7 Å². The number of amides is 1. The number of furan rings is 1. The Hall–Kier alpha value is -3.06. The molecule has 1 atom stereocenters. The van der Waals surface area contributed by atoms with Gasteiger partial charge in [-0.25, -0.2) is 0 Å². The van der Waals surface area contributed by atoms with Crippen molar-refractivity contribution in [2.75, 3.05) is 32.8 Å². The molecule has 1 aliphatic rings. The van der Waals surface area contributed by atoms with Crippen LogP contribution in [0.4, 0.5) is 0 Å². The first-order valence-corrected chi connectivity index (χ1v) is 11.2. The van der Waals surface area contributed by atoms with Gasteiger partial charge in [-0.15, -0.1) is 0 Å². The molecular weight excluding hydrogens is 408 g/mol. The van der Waals surface area contributed by atoms with Gasteiger partial charge in [-0.2, -0.15) is 0 Å². The van der Waals surface area contributed by atoms with Crippen LogP contribution < -0.4 is 4.74 Å².